The van der Waals surface area contributed by atoms with Crippen molar-refractivity contribution in [1.82, 2.24) is 4.98 Å². The van der Waals surface area contributed by atoms with Gasteiger partial charge in [0.25, 0.3) is 0 Å². The van der Waals surface area contributed by atoms with Crippen molar-refractivity contribution in [1.29, 1.82) is 0 Å². The predicted octanol–water partition coefficient (Wildman–Crippen LogP) is 5.41. The molecule has 0 spiro atoms. The van der Waals surface area contributed by atoms with Crippen LogP contribution in [0.1, 0.15) is 11.5 Å². The molecule has 0 amide bonds. The lowest BCUT2D eigenvalue weighted by Gasteiger charge is -1.95. The number of aromatic nitrogens is 1. The van der Waals surface area contributed by atoms with Gasteiger partial charge in [0.05, 0.1) is 0 Å². The van der Waals surface area contributed by atoms with Gasteiger partial charge in [0.1, 0.15) is 5.52 Å². The van der Waals surface area contributed by atoms with Crippen LogP contribution < -0.4 is 0 Å². The molecule has 2 aromatic carbocycles. The highest BCUT2D eigenvalue weighted by Gasteiger charge is 2.03. The number of oxazole rings is 1. The fourth-order valence-electron chi connectivity index (χ4n) is 1.76. The van der Waals surface area contributed by atoms with Gasteiger partial charge in [-0.1, -0.05) is 45.7 Å². The van der Waals surface area contributed by atoms with Crippen LogP contribution in [0.5, 0.6) is 0 Å². The molecule has 4 heteroatoms. The van der Waals surface area contributed by atoms with Crippen LogP contribution in [0.4, 0.5) is 0 Å². The summed E-state index contributed by atoms with van der Waals surface area (Å²) >= 11 is 9.41. The van der Waals surface area contributed by atoms with E-state index in [1.165, 1.54) is 0 Å². The maximum atomic E-state index is 5.92. The Kier molecular flexibility index (Phi) is 3.40. The second-order valence-electron chi connectivity index (χ2n) is 4.02. The van der Waals surface area contributed by atoms with Gasteiger partial charge in [0, 0.05) is 15.6 Å². The molecule has 0 aliphatic rings. The average Bonchev–Trinajstić information content (AvgIpc) is 2.79. The monoisotopic (exact) mass is 333 g/mol. The zero-order valence-electron chi connectivity index (χ0n) is 9.81. The van der Waals surface area contributed by atoms with Crippen LogP contribution >= 0.6 is 27.5 Å². The Labute approximate surface area is 123 Å². The highest BCUT2D eigenvalue weighted by Crippen LogP contribution is 2.22. The van der Waals surface area contributed by atoms with E-state index in [1.54, 1.807) is 12.1 Å². The van der Waals surface area contributed by atoms with Crippen molar-refractivity contribution >= 4 is 50.8 Å². The van der Waals surface area contributed by atoms with Gasteiger partial charge in [0.15, 0.2) is 5.58 Å². The topological polar surface area (TPSA) is 26.0 Å². The van der Waals surface area contributed by atoms with Crippen molar-refractivity contribution < 1.29 is 4.42 Å². The molecule has 0 N–H and O–H groups in total. The van der Waals surface area contributed by atoms with Crippen LogP contribution in [0.2, 0.25) is 5.02 Å². The molecule has 1 aromatic heterocycles. The zero-order chi connectivity index (χ0) is 13.2. The molecule has 0 saturated heterocycles. The largest absolute Gasteiger partial charge is 0.437 e. The molecule has 3 rings (SSSR count). The molecule has 0 saturated carbocycles. The van der Waals surface area contributed by atoms with E-state index in [0.717, 1.165) is 21.1 Å². The standard InChI is InChI=1S/C15H9BrClNO/c16-12-4-2-1-3-10(12)5-8-15-18-13-9-11(17)6-7-14(13)19-15/h1-9H/b8-5+. The number of halogens is 2. The van der Waals surface area contributed by atoms with E-state index in [2.05, 4.69) is 20.9 Å². The molecule has 94 valence electrons. The minimum absolute atomic E-state index is 0.563. The number of hydrogen-bond acceptors (Lipinski definition) is 2. The lowest BCUT2D eigenvalue weighted by molar-refractivity contribution is 0.590. The predicted molar refractivity (Wildman–Crippen MR) is 82.1 cm³/mol. The van der Waals surface area contributed by atoms with Gasteiger partial charge in [-0.25, -0.2) is 4.98 Å². The average molecular weight is 335 g/mol. The number of hydrogen-bond donors (Lipinski definition) is 0. The molecular formula is C15H9BrClNO. The first kappa shape index (κ1) is 12.5. The Hall–Kier alpha value is -1.58. The first-order chi connectivity index (χ1) is 9.22. The third kappa shape index (κ3) is 2.72. The van der Waals surface area contributed by atoms with Crippen LogP contribution in [-0.2, 0) is 0 Å². The summed E-state index contributed by atoms with van der Waals surface area (Å²) in [6, 6.07) is 13.4. The summed E-state index contributed by atoms with van der Waals surface area (Å²) in [4.78, 5) is 4.37. The van der Waals surface area contributed by atoms with Gasteiger partial charge in [-0.05, 0) is 35.9 Å². The first-order valence-electron chi connectivity index (χ1n) is 5.71. The van der Waals surface area contributed by atoms with E-state index < -0.39 is 0 Å². The summed E-state index contributed by atoms with van der Waals surface area (Å²) in [6.45, 7) is 0. The molecule has 0 fully saturated rings. The summed E-state index contributed by atoms with van der Waals surface area (Å²) in [5.41, 5.74) is 2.57. The molecular weight excluding hydrogens is 326 g/mol. The third-order valence-electron chi connectivity index (χ3n) is 2.68. The summed E-state index contributed by atoms with van der Waals surface area (Å²) in [7, 11) is 0. The lowest BCUT2D eigenvalue weighted by Crippen LogP contribution is -1.74. The van der Waals surface area contributed by atoms with Crippen LogP contribution in [-0.4, -0.2) is 4.98 Å². The quantitative estimate of drug-likeness (QED) is 0.626. The summed E-state index contributed by atoms with van der Waals surface area (Å²) < 4.78 is 6.65. The molecule has 0 bridgehead atoms. The summed E-state index contributed by atoms with van der Waals surface area (Å²) in [5, 5.41) is 0.655. The summed E-state index contributed by atoms with van der Waals surface area (Å²) in [5.74, 6) is 0.563. The molecule has 0 aliphatic carbocycles. The van der Waals surface area contributed by atoms with Crippen LogP contribution in [0.25, 0.3) is 23.3 Å². The van der Waals surface area contributed by atoms with Gasteiger partial charge in [-0.3, -0.25) is 0 Å². The molecule has 1 heterocycles. The maximum absolute atomic E-state index is 5.92. The van der Waals surface area contributed by atoms with Crippen LogP contribution in [0.15, 0.2) is 51.4 Å². The van der Waals surface area contributed by atoms with Crippen LogP contribution in [0.3, 0.4) is 0 Å². The van der Waals surface area contributed by atoms with E-state index in [-0.39, 0.29) is 0 Å². The zero-order valence-corrected chi connectivity index (χ0v) is 12.1. The van der Waals surface area contributed by atoms with E-state index in [4.69, 9.17) is 16.0 Å². The second kappa shape index (κ2) is 5.19. The van der Waals surface area contributed by atoms with E-state index >= 15 is 0 Å². The molecule has 19 heavy (non-hydrogen) atoms. The van der Waals surface area contributed by atoms with Gasteiger partial charge in [-0.2, -0.15) is 0 Å². The SMILES string of the molecule is Clc1ccc2oc(/C=C/c3ccccc3Br)nc2c1. The Morgan fingerprint density at radius 2 is 1.95 bits per heavy atom. The first-order valence-corrected chi connectivity index (χ1v) is 6.88. The second-order valence-corrected chi connectivity index (χ2v) is 5.31. The van der Waals surface area contributed by atoms with Crippen molar-refractivity contribution in [3.8, 4) is 0 Å². The lowest BCUT2D eigenvalue weighted by atomic mass is 10.2. The number of rotatable bonds is 2. The van der Waals surface area contributed by atoms with Crippen molar-refractivity contribution in [2.24, 2.45) is 0 Å². The smallest absolute Gasteiger partial charge is 0.220 e. The minimum atomic E-state index is 0.563. The molecule has 0 radical (unpaired) electrons. The number of fused-ring (bicyclic) bond motifs is 1. The summed E-state index contributed by atoms with van der Waals surface area (Å²) in [6.07, 6.45) is 3.80. The van der Waals surface area contributed by atoms with Crippen LogP contribution in [0, 0.1) is 0 Å². The normalized spacial score (nSPS) is 11.5. The van der Waals surface area contributed by atoms with Crippen molar-refractivity contribution in [2.75, 3.05) is 0 Å². The minimum Gasteiger partial charge on any atom is -0.437 e. The fourth-order valence-corrected chi connectivity index (χ4v) is 2.34. The number of benzene rings is 2. The highest BCUT2D eigenvalue weighted by atomic mass is 79.9. The van der Waals surface area contributed by atoms with E-state index in [1.807, 2.05) is 42.5 Å². The van der Waals surface area contributed by atoms with Gasteiger partial charge < -0.3 is 4.42 Å². The van der Waals surface area contributed by atoms with E-state index in [0.29, 0.717) is 10.9 Å². The maximum Gasteiger partial charge on any atom is 0.220 e. The van der Waals surface area contributed by atoms with Crippen molar-refractivity contribution in [2.45, 2.75) is 0 Å². The Morgan fingerprint density at radius 3 is 2.79 bits per heavy atom. The molecule has 2 nitrogen and oxygen atoms in total. The molecule has 3 aromatic rings. The van der Waals surface area contributed by atoms with Gasteiger partial charge >= 0.3 is 0 Å². The fraction of sp³-hybridized carbons (Fsp3) is 0. The molecule has 0 aliphatic heterocycles. The molecule has 0 atom stereocenters. The third-order valence-corrected chi connectivity index (χ3v) is 3.63. The van der Waals surface area contributed by atoms with Gasteiger partial charge in [-0.15, -0.1) is 0 Å². The highest BCUT2D eigenvalue weighted by molar-refractivity contribution is 9.10. The number of nitrogens with zero attached hydrogens (tertiary/aromatic N) is 1. The Bertz CT molecular complexity index is 764. The van der Waals surface area contributed by atoms with Crippen molar-refractivity contribution in [3.05, 3.63) is 63.4 Å². The van der Waals surface area contributed by atoms with Gasteiger partial charge in [0.2, 0.25) is 5.89 Å². The Balaban J connectivity index is 1.95. The Morgan fingerprint density at radius 1 is 1.11 bits per heavy atom. The van der Waals surface area contributed by atoms with Crippen molar-refractivity contribution in [3.63, 3.8) is 0 Å². The van der Waals surface area contributed by atoms with E-state index in [9.17, 15) is 0 Å². The molecule has 0 unspecified atom stereocenters.